The average molecular weight is 524 g/mol. The van der Waals surface area contributed by atoms with Gasteiger partial charge in [-0.3, -0.25) is 9.79 Å². The number of methoxy groups -OCH3 is 1. The summed E-state index contributed by atoms with van der Waals surface area (Å²) in [6, 6.07) is 12.2. The molecule has 2 aromatic rings. The summed E-state index contributed by atoms with van der Waals surface area (Å²) in [6.07, 6.45) is 5.38. The summed E-state index contributed by atoms with van der Waals surface area (Å²) >= 11 is 3.54. The van der Waals surface area contributed by atoms with Crippen LogP contribution in [0.15, 0.2) is 52.1 Å². The van der Waals surface area contributed by atoms with E-state index in [2.05, 4.69) is 57.6 Å². The van der Waals surface area contributed by atoms with Crippen LogP contribution in [-0.4, -0.2) is 48.4 Å². The monoisotopic (exact) mass is 523 g/mol. The fourth-order valence-corrected chi connectivity index (χ4v) is 5.63. The number of fused-ring (bicyclic) bond motifs is 1. The molecular weight excluding hydrogens is 494 g/mol. The third-order valence-electron chi connectivity index (χ3n) is 7.46. The fourth-order valence-electron chi connectivity index (χ4n) is 5.25. The molecule has 5 rings (SSSR count). The van der Waals surface area contributed by atoms with Crippen molar-refractivity contribution in [3.05, 3.63) is 52.6 Å². The van der Waals surface area contributed by atoms with Gasteiger partial charge in [0.1, 0.15) is 6.04 Å². The quantitative estimate of drug-likeness (QED) is 0.558. The van der Waals surface area contributed by atoms with E-state index in [4.69, 9.17) is 9.73 Å². The molecule has 2 amide bonds. The Balaban J connectivity index is 1.35. The molecule has 2 aromatic carbocycles. The van der Waals surface area contributed by atoms with Crippen LogP contribution in [0.25, 0.3) is 16.3 Å². The minimum absolute atomic E-state index is 0.0270. The van der Waals surface area contributed by atoms with Crippen LogP contribution in [0, 0.1) is 11.3 Å². The lowest BCUT2D eigenvalue weighted by Gasteiger charge is -2.31. The van der Waals surface area contributed by atoms with Gasteiger partial charge in [-0.25, -0.2) is 4.79 Å². The number of allylic oxidation sites excluding steroid dienone is 1. The van der Waals surface area contributed by atoms with Crippen molar-refractivity contribution in [2.45, 2.75) is 51.6 Å². The Labute approximate surface area is 208 Å². The maximum absolute atomic E-state index is 13.6. The van der Waals surface area contributed by atoms with Crippen LogP contribution in [0.3, 0.4) is 0 Å². The van der Waals surface area contributed by atoms with E-state index in [1.165, 1.54) is 23.5 Å². The van der Waals surface area contributed by atoms with Gasteiger partial charge in [0.15, 0.2) is 0 Å². The van der Waals surface area contributed by atoms with Crippen LogP contribution in [0.2, 0.25) is 0 Å². The Morgan fingerprint density at radius 3 is 2.62 bits per heavy atom. The predicted octanol–water partition coefficient (Wildman–Crippen LogP) is 5.55. The molecule has 3 aliphatic rings. The third-order valence-corrected chi connectivity index (χ3v) is 7.95. The SMILES string of the molecule is COC(=O)N[C@H](C(=O)N1CC2(CC2)C[C@H]1C1=NC=C(c2ccc3cc(Br)ccc3c2)C1)C(C)C. The number of halogens is 1. The van der Waals surface area contributed by atoms with Gasteiger partial charge in [0, 0.05) is 29.3 Å². The minimum Gasteiger partial charge on any atom is -0.453 e. The number of nitrogens with zero attached hydrogens (tertiary/aromatic N) is 2. The zero-order valence-corrected chi connectivity index (χ0v) is 21.4. The Morgan fingerprint density at radius 1 is 1.18 bits per heavy atom. The fraction of sp³-hybridized carbons (Fsp3) is 0.444. The number of carbonyl (C=O) groups excluding carboxylic acids is 2. The van der Waals surface area contributed by atoms with Gasteiger partial charge in [-0.2, -0.15) is 0 Å². The highest BCUT2D eigenvalue weighted by Crippen LogP contribution is 2.55. The molecule has 1 saturated carbocycles. The third kappa shape index (κ3) is 4.38. The van der Waals surface area contributed by atoms with Crippen molar-refractivity contribution in [2.24, 2.45) is 16.3 Å². The van der Waals surface area contributed by atoms with E-state index in [1.807, 2.05) is 24.9 Å². The highest BCUT2D eigenvalue weighted by Gasteiger charge is 2.55. The van der Waals surface area contributed by atoms with Crippen molar-refractivity contribution in [1.82, 2.24) is 10.2 Å². The second-order valence-corrected chi connectivity index (χ2v) is 11.1. The van der Waals surface area contributed by atoms with Crippen molar-refractivity contribution >= 4 is 50.0 Å². The normalized spacial score (nSPS) is 21.6. The first-order chi connectivity index (χ1) is 16.3. The lowest BCUT2D eigenvalue weighted by Crippen LogP contribution is -2.53. The van der Waals surface area contributed by atoms with Gasteiger partial charge < -0.3 is 15.0 Å². The number of rotatable bonds is 5. The zero-order chi connectivity index (χ0) is 24.0. The van der Waals surface area contributed by atoms with E-state index in [-0.39, 0.29) is 23.3 Å². The molecule has 0 unspecified atom stereocenters. The number of hydrogen-bond acceptors (Lipinski definition) is 4. The average Bonchev–Trinajstić information content (AvgIpc) is 3.23. The van der Waals surface area contributed by atoms with Crippen molar-refractivity contribution in [1.29, 1.82) is 0 Å². The first-order valence-electron chi connectivity index (χ1n) is 11.9. The van der Waals surface area contributed by atoms with Crippen LogP contribution in [0.5, 0.6) is 0 Å². The largest absolute Gasteiger partial charge is 0.453 e. The summed E-state index contributed by atoms with van der Waals surface area (Å²) in [7, 11) is 1.32. The number of alkyl carbamates (subject to hydrolysis) is 1. The van der Waals surface area contributed by atoms with E-state index in [0.29, 0.717) is 0 Å². The summed E-state index contributed by atoms with van der Waals surface area (Å²) in [6.45, 7) is 4.63. The van der Waals surface area contributed by atoms with Crippen LogP contribution in [-0.2, 0) is 9.53 Å². The molecule has 1 saturated heterocycles. The number of ether oxygens (including phenoxy) is 1. The molecule has 2 aliphatic heterocycles. The van der Waals surface area contributed by atoms with E-state index < -0.39 is 12.1 Å². The van der Waals surface area contributed by atoms with Crippen LogP contribution >= 0.6 is 15.9 Å². The number of aliphatic imine (C=N–C) groups is 1. The number of carbonyl (C=O) groups is 2. The van der Waals surface area contributed by atoms with Gasteiger partial charge in [0.05, 0.1) is 13.2 Å². The van der Waals surface area contributed by atoms with Crippen molar-refractivity contribution in [3.63, 3.8) is 0 Å². The lowest BCUT2D eigenvalue weighted by atomic mass is 9.94. The summed E-state index contributed by atoms with van der Waals surface area (Å²) in [5, 5.41) is 5.13. The van der Waals surface area contributed by atoms with E-state index in [1.54, 1.807) is 0 Å². The summed E-state index contributed by atoms with van der Waals surface area (Å²) in [5.41, 5.74) is 3.60. The first kappa shape index (κ1) is 23.1. The molecule has 2 atom stereocenters. The standard InChI is InChI=1S/C27H30BrN3O3/c1-16(2)24(30-26(33)34-3)25(32)31-15-27(8-9-27)13-23(31)22-12-20(14-29-22)18-4-5-19-11-21(28)7-6-17(19)10-18/h4-7,10-11,14,16,23-24H,8-9,12-13,15H2,1-3H3,(H,30,33)/t23-,24-/m0/s1. The highest BCUT2D eigenvalue weighted by molar-refractivity contribution is 9.10. The van der Waals surface area contributed by atoms with Gasteiger partial charge in [-0.15, -0.1) is 0 Å². The second-order valence-electron chi connectivity index (χ2n) is 10.2. The molecule has 0 aromatic heterocycles. The summed E-state index contributed by atoms with van der Waals surface area (Å²) in [5.74, 6) is -0.0820. The molecule has 1 spiro atoms. The smallest absolute Gasteiger partial charge is 0.407 e. The molecule has 178 valence electrons. The van der Waals surface area contributed by atoms with Gasteiger partial charge in [0.2, 0.25) is 5.91 Å². The van der Waals surface area contributed by atoms with Gasteiger partial charge in [-0.1, -0.05) is 48.0 Å². The van der Waals surface area contributed by atoms with E-state index in [0.717, 1.165) is 48.0 Å². The van der Waals surface area contributed by atoms with Gasteiger partial charge in [-0.05, 0) is 70.7 Å². The van der Waals surface area contributed by atoms with Gasteiger partial charge >= 0.3 is 6.09 Å². The molecule has 6 nitrogen and oxygen atoms in total. The Kier molecular flexibility index (Phi) is 6.00. The topological polar surface area (TPSA) is 71.0 Å². The number of amides is 2. The predicted molar refractivity (Wildman–Crippen MR) is 138 cm³/mol. The highest BCUT2D eigenvalue weighted by atomic mass is 79.9. The zero-order valence-electron chi connectivity index (χ0n) is 19.8. The van der Waals surface area contributed by atoms with E-state index in [9.17, 15) is 9.59 Å². The summed E-state index contributed by atoms with van der Waals surface area (Å²) < 4.78 is 5.84. The van der Waals surface area contributed by atoms with Gasteiger partial charge in [0.25, 0.3) is 0 Å². The molecule has 1 N–H and O–H groups in total. The molecule has 34 heavy (non-hydrogen) atoms. The molecule has 7 heteroatoms. The molecule has 2 fully saturated rings. The minimum atomic E-state index is -0.613. The molecule has 0 bridgehead atoms. The first-order valence-corrected chi connectivity index (χ1v) is 12.7. The van der Waals surface area contributed by atoms with Crippen LogP contribution < -0.4 is 5.32 Å². The maximum Gasteiger partial charge on any atom is 0.407 e. The van der Waals surface area contributed by atoms with E-state index >= 15 is 0 Å². The number of benzene rings is 2. The van der Waals surface area contributed by atoms with Crippen LogP contribution in [0.4, 0.5) is 4.79 Å². The Bertz CT molecular complexity index is 1210. The molecule has 1 aliphatic carbocycles. The maximum atomic E-state index is 13.6. The number of nitrogens with one attached hydrogen (secondary N) is 1. The summed E-state index contributed by atoms with van der Waals surface area (Å²) in [4.78, 5) is 32.3. The Hall–Kier alpha value is -2.67. The lowest BCUT2D eigenvalue weighted by molar-refractivity contribution is -0.134. The number of hydrogen-bond donors (Lipinski definition) is 1. The second kappa shape index (κ2) is 8.84. The molecule has 2 heterocycles. The molecular formula is C27H30BrN3O3. The van der Waals surface area contributed by atoms with Crippen molar-refractivity contribution < 1.29 is 14.3 Å². The molecule has 0 radical (unpaired) electrons. The number of likely N-dealkylation sites (tertiary alicyclic amines) is 1. The van der Waals surface area contributed by atoms with Crippen molar-refractivity contribution in [3.8, 4) is 0 Å². The van der Waals surface area contributed by atoms with Crippen LogP contribution in [0.1, 0.15) is 45.1 Å². The Morgan fingerprint density at radius 2 is 1.91 bits per heavy atom. The van der Waals surface area contributed by atoms with Crippen molar-refractivity contribution in [2.75, 3.05) is 13.7 Å².